The molecule has 29 heavy (non-hydrogen) atoms. The Hall–Kier alpha value is -1.77. The van der Waals surface area contributed by atoms with E-state index in [4.69, 9.17) is 10.5 Å². The molecule has 8 heteroatoms. The molecule has 4 rings (SSSR count). The third-order valence-corrected chi connectivity index (χ3v) is 9.02. The number of amidine groups is 1. The molecular weight excluding hydrogens is 459 g/mol. The molecule has 2 N–H and O–H groups in total. The summed E-state index contributed by atoms with van der Waals surface area (Å²) in [5, 5.41) is 0. The summed E-state index contributed by atoms with van der Waals surface area (Å²) in [4.78, 5) is 4.51. The molecule has 1 spiro atoms. The summed E-state index contributed by atoms with van der Waals surface area (Å²) in [6, 6.07) is 14.1. The van der Waals surface area contributed by atoms with Crippen molar-refractivity contribution < 1.29 is 17.5 Å². The van der Waals surface area contributed by atoms with Gasteiger partial charge in [-0.15, -0.1) is 0 Å². The van der Waals surface area contributed by atoms with E-state index in [1.807, 2.05) is 30.3 Å². The normalized spacial score (nSPS) is 30.6. The van der Waals surface area contributed by atoms with E-state index < -0.39 is 25.9 Å². The number of ether oxygens (including phenoxy) is 1. The summed E-state index contributed by atoms with van der Waals surface area (Å²) in [6.45, 7) is 2.02. The zero-order valence-electron chi connectivity index (χ0n) is 15.9. The van der Waals surface area contributed by atoms with Crippen molar-refractivity contribution in [3.05, 3.63) is 69.9 Å². The molecule has 1 heterocycles. The summed E-state index contributed by atoms with van der Waals surface area (Å²) >= 11 is 3.31. The van der Waals surface area contributed by atoms with Crippen molar-refractivity contribution in [2.75, 3.05) is 5.75 Å². The van der Waals surface area contributed by atoms with E-state index >= 15 is 0 Å². The van der Waals surface area contributed by atoms with Crippen LogP contribution in [0.15, 0.2) is 58.0 Å². The second-order valence-electron chi connectivity index (χ2n) is 7.98. The van der Waals surface area contributed by atoms with Gasteiger partial charge in [0.1, 0.15) is 21.9 Å². The highest BCUT2D eigenvalue weighted by Crippen LogP contribution is 2.48. The van der Waals surface area contributed by atoms with Crippen LogP contribution in [0, 0.1) is 5.82 Å². The largest absolute Gasteiger partial charge is 0.386 e. The summed E-state index contributed by atoms with van der Waals surface area (Å²) in [7, 11) is -3.65. The topological polar surface area (TPSA) is 81.8 Å². The Morgan fingerprint density at radius 1 is 1.24 bits per heavy atom. The number of benzene rings is 2. The number of rotatable bonds is 4. The van der Waals surface area contributed by atoms with Crippen LogP contribution in [0.3, 0.4) is 0 Å². The monoisotopic (exact) mass is 480 g/mol. The van der Waals surface area contributed by atoms with E-state index in [0.717, 1.165) is 5.56 Å². The highest BCUT2D eigenvalue weighted by molar-refractivity contribution is 9.10. The molecule has 154 valence electrons. The minimum Gasteiger partial charge on any atom is -0.386 e. The summed E-state index contributed by atoms with van der Waals surface area (Å²) < 4.78 is 46.2. The molecule has 2 aromatic rings. The predicted molar refractivity (Wildman–Crippen MR) is 114 cm³/mol. The quantitative estimate of drug-likeness (QED) is 0.722. The lowest BCUT2D eigenvalue weighted by Crippen LogP contribution is -2.66. The minimum atomic E-state index is -3.65. The van der Waals surface area contributed by atoms with Gasteiger partial charge in [0.05, 0.1) is 18.5 Å². The maximum atomic E-state index is 14.4. The first kappa shape index (κ1) is 20.5. The van der Waals surface area contributed by atoms with Crippen LogP contribution < -0.4 is 5.73 Å². The fourth-order valence-electron chi connectivity index (χ4n) is 4.16. The molecule has 0 saturated heterocycles. The lowest BCUT2D eigenvalue weighted by Gasteiger charge is -2.50. The van der Waals surface area contributed by atoms with E-state index in [1.54, 1.807) is 19.1 Å². The summed E-state index contributed by atoms with van der Waals surface area (Å²) in [5.74, 6) is -0.749. The van der Waals surface area contributed by atoms with Gasteiger partial charge in [-0.2, -0.15) is 0 Å². The SMILES string of the molecule is CC1(c2cc(Br)ccc2F)CS(=O)(=O)C2(CC(OCc3ccccc3)C2)C(N)=N1. The van der Waals surface area contributed by atoms with Gasteiger partial charge < -0.3 is 10.5 Å². The molecule has 1 atom stereocenters. The van der Waals surface area contributed by atoms with Crippen molar-refractivity contribution >= 4 is 31.6 Å². The lowest BCUT2D eigenvalue weighted by molar-refractivity contribution is -0.0178. The van der Waals surface area contributed by atoms with Crippen LogP contribution in [-0.4, -0.2) is 30.9 Å². The van der Waals surface area contributed by atoms with Crippen molar-refractivity contribution in [1.82, 2.24) is 0 Å². The first-order chi connectivity index (χ1) is 13.7. The summed E-state index contributed by atoms with van der Waals surface area (Å²) in [5.41, 5.74) is 6.18. The first-order valence-corrected chi connectivity index (χ1v) is 11.8. The van der Waals surface area contributed by atoms with E-state index in [0.29, 0.717) is 11.1 Å². The Morgan fingerprint density at radius 3 is 2.59 bits per heavy atom. The number of sulfone groups is 1. The zero-order valence-corrected chi connectivity index (χ0v) is 18.3. The van der Waals surface area contributed by atoms with E-state index in [-0.39, 0.29) is 36.1 Å². The Bertz CT molecular complexity index is 1070. The lowest BCUT2D eigenvalue weighted by atomic mass is 9.79. The van der Waals surface area contributed by atoms with Gasteiger partial charge >= 0.3 is 0 Å². The molecule has 2 aliphatic rings. The fourth-order valence-corrected chi connectivity index (χ4v) is 7.00. The molecule has 5 nitrogen and oxygen atoms in total. The predicted octanol–water partition coefficient (Wildman–Crippen LogP) is 3.71. The van der Waals surface area contributed by atoms with Gasteiger partial charge in [0.2, 0.25) is 0 Å². The van der Waals surface area contributed by atoms with Gasteiger partial charge in [0.15, 0.2) is 9.84 Å². The van der Waals surface area contributed by atoms with Gasteiger partial charge in [0.25, 0.3) is 0 Å². The molecule has 0 amide bonds. The van der Waals surface area contributed by atoms with Gasteiger partial charge in [-0.3, -0.25) is 4.99 Å². The van der Waals surface area contributed by atoms with Crippen molar-refractivity contribution in [2.24, 2.45) is 10.7 Å². The number of nitrogens with zero attached hydrogens (tertiary/aromatic N) is 1. The smallest absolute Gasteiger partial charge is 0.166 e. The van der Waals surface area contributed by atoms with Crippen molar-refractivity contribution in [3.63, 3.8) is 0 Å². The first-order valence-electron chi connectivity index (χ1n) is 9.34. The summed E-state index contributed by atoms with van der Waals surface area (Å²) in [6.07, 6.45) is 0.342. The van der Waals surface area contributed by atoms with E-state index in [1.165, 1.54) is 6.07 Å². The Labute approximate surface area is 178 Å². The molecule has 1 aliphatic heterocycles. The van der Waals surface area contributed by atoms with Crippen LogP contribution in [-0.2, 0) is 26.7 Å². The third-order valence-electron chi connectivity index (χ3n) is 5.85. The Balaban J connectivity index is 1.56. The van der Waals surface area contributed by atoms with Crippen molar-refractivity contribution in [1.29, 1.82) is 0 Å². The number of aliphatic imine (C=N–C) groups is 1. The zero-order chi connectivity index (χ0) is 20.9. The van der Waals surface area contributed by atoms with Crippen LogP contribution >= 0.6 is 15.9 Å². The standard InChI is InChI=1S/C21H22BrFN2O3S/c1-20(17-9-15(22)7-8-18(17)23)13-29(26,27)21(19(24)25-20)10-16(11-21)28-12-14-5-3-2-4-6-14/h2-9,16H,10-13H2,1H3,(H2,24,25). The number of hydrogen-bond acceptors (Lipinski definition) is 5. The second-order valence-corrected chi connectivity index (χ2v) is 11.2. The van der Waals surface area contributed by atoms with E-state index in [2.05, 4.69) is 20.9 Å². The minimum absolute atomic E-state index is 0.0465. The Kier molecular flexibility index (Phi) is 5.07. The molecule has 0 radical (unpaired) electrons. The second kappa shape index (κ2) is 7.18. The molecule has 1 unspecified atom stereocenters. The maximum Gasteiger partial charge on any atom is 0.166 e. The van der Waals surface area contributed by atoms with Gasteiger partial charge in [-0.1, -0.05) is 46.3 Å². The van der Waals surface area contributed by atoms with Crippen LogP contribution in [0.4, 0.5) is 4.39 Å². The highest BCUT2D eigenvalue weighted by atomic mass is 79.9. The van der Waals surface area contributed by atoms with Crippen LogP contribution in [0.2, 0.25) is 0 Å². The molecule has 1 aliphatic carbocycles. The average molecular weight is 481 g/mol. The molecule has 1 saturated carbocycles. The van der Waals surface area contributed by atoms with Gasteiger partial charge in [-0.25, -0.2) is 12.8 Å². The van der Waals surface area contributed by atoms with Crippen LogP contribution in [0.1, 0.15) is 30.9 Å². The maximum absolute atomic E-state index is 14.4. The third kappa shape index (κ3) is 3.51. The van der Waals surface area contributed by atoms with Gasteiger partial charge in [0, 0.05) is 22.9 Å². The number of hydrogen-bond donors (Lipinski definition) is 1. The van der Waals surface area contributed by atoms with E-state index in [9.17, 15) is 12.8 Å². The molecule has 2 aromatic carbocycles. The van der Waals surface area contributed by atoms with Crippen LogP contribution in [0.25, 0.3) is 0 Å². The molecular formula is C21H22BrFN2O3S. The molecule has 0 bridgehead atoms. The number of halogens is 2. The average Bonchev–Trinajstić information content (AvgIpc) is 2.61. The highest BCUT2D eigenvalue weighted by Gasteiger charge is 2.61. The molecule has 1 fully saturated rings. The van der Waals surface area contributed by atoms with Crippen molar-refractivity contribution in [3.8, 4) is 0 Å². The number of nitrogens with two attached hydrogens (primary N) is 1. The van der Waals surface area contributed by atoms with Crippen LogP contribution in [0.5, 0.6) is 0 Å². The fraction of sp³-hybridized carbons (Fsp3) is 0.381. The van der Waals surface area contributed by atoms with Gasteiger partial charge in [-0.05, 0) is 30.7 Å². The van der Waals surface area contributed by atoms with Crippen molar-refractivity contribution in [2.45, 2.75) is 42.8 Å². The molecule has 0 aromatic heterocycles. The Morgan fingerprint density at radius 2 is 1.93 bits per heavy atom.